The Hall–Kier alpha value is -1.26. The van der Waals surface area contributed by atoms with Gasteiger partial charge < -0.3 is 15.4 Å². The molecule has 1 aromatic carbocycles. The van der Waals surface area contributed by atoms with E-state index in [-0.39, 0.29) is 24.2 Å². The zero-order valence-corrected chi connectivity index (χ0v) is 16.9. The molecule has 2 aliphatic rings. The van der Waals surface area contributed by atoms with Crippen molar-refractivity contribution < 1.29 is 9.53 Å². The predicted molar refractivity (Wildman–Crippen MR) is 108 cm³/mol. The second-order valence-corrected chi connectivity index (χ2v) is 7.75. The molecule has 1 aliphatic carbocycles. The molecule has 146 valence electrons. The molecule has 2 fully saturated rings. The largest absolute Gasteiger partial charge is 0.493 e. The fourth-order valence-corrected chi connectivity index (χ4v) is 3.98. The number of halogens is 1. The third-order valence-corrected chi connectivity index (χ3v) is 5.79. The molecule has 5 heteroatoms. The van der Waals surface area contributed by atoms with Crippen molar-refractivity contribution in [2.45, 2.75) is 58.9 Å². The van der Waals surface area contributed by atoms with Crippen molar-refractivity contribution in [3.05, 3.63) is 29.3 Å². The number of hydrogen-bond acceptors (Lipinski definition) is 3. The smallest absolute Gasteiger partial charge is 0.223 e. The number of rotatable bonds is 8. The topological polar surface area (TPSA) is 50.4 Å². The Labute approximate surface area is 163 Å². The SMILES string of the molecule is CCCCCOc1cc(C)ccc1CNC(=O)C1CC12CCNCC2.Cl. The number of aryl methyl sites for hydroxylation is 1. The van der Waals surface area contributed by atoms with Gasteiger partial charge in [-0.3, -0.25) is 4.79 Å². The number of nitrogens with one attached hydrogen (secondary N) is 2. The summed E-state index contributed by atoms with van der Waals surface area (Å²) in [7, 11) is 0. The van der Waals surface area contributed by atoms with E-state index in [1.54, 1.807) is 0 Å². The van der Waals surface area contributed by atoms with Crippen LogP contribution in [0.25, 0.3) is 0 Å². The third kappa shape index (κ3) is 5.14. The van der Waals surface area contributed by atoms with Crippen LogP contribution in [-0.2, 0) is 11.3 Å². The number of benzene rings is 1. The van der Waals surface area contributed by atoms with Crippen LogP contribution in [0.1, 0.15) is 56.6 Å². The quantitative estimate of drug-likeness (QED) is 0.670. The number of piperidine rings is 1. The average Bonchev–Trinajstić information content (AvgIpc) is 3.31. The lowest BCUT2D eigenvalue weighted by Gasteiger charge is -2.23. The molecule has 1 unspecified atom stereocenters. The third-order valence-electron chi connectivity index (χ3n) is 5.79. The Kier molecular flexibility index (Phi) is 7.78. The van der Waals surface area contributed by atoms with Crippen molar-refractivity contribution in [3.63, 3.8) is 0 Å². The highest BCUT2D eigenvalue weighted by Crippen LogP contribution is 2.58. The summed E-state index contributed by atoms with van der Waals surface area (Å²) < 4.78 is 5.98. The second kappa shape index (κ2) is 9.61. The highest BCUT2D eigenvalue weighted by atomic mass is 35.5. The maximum absolute atomic E-state index is 12.6. The van der Waals surface area contributed by atoms with Gasteiger partial charge in [0.2, 0.25) is 5.91 Å². The van der Waals surface area contributed by atoms with Gasteiger partial charge in [0.15, 0.2) is 0 Å². The minimum atomic E-state index is 0. The van der Waals surface area contributed by atoms with Crippen molar-refractivity contribution in [3.8, 4) is 5.75 Å². The van der Waals surface area contributed by atoms with Crippen LogP contribution in [0, 0.1) is 18.3 Å². The van der Waals surface area contributed by atoms with Crippen molar-refractivity contribution in [1.82, 2.24) is 10.6 Å². The standard InChI is InChI=1S/C21H32N2O2.ClH/c1-3-4-5-12-25-19-13-16(2)6-7-17(19)15-23-20(24)18-14-21(18)8-10-22-11-9-21;/h6-7,13,18,22H,3-5,8-12,14-15H2,1-2H3,(H,23,24);1H. The summed E-state index contributed by atoms with van der Waals surface area (Å²) >= 11 is 0. The molecule has 2 N–H and O–H groups in total. The summed E-state index contributed by atoms with van der Waals surface area (Å²) in [5.41, 5.74) is 2.56. The van der Waals surface area contributed by atoms with Gasteiger partial charge in [-0.05, 0) is 62.7 Å². The van der Waals surface area contributed by atoms with Crippen molar-refractivity contribution in [1.29, 1.82) is 0 Å². The first-order valence-electron chi connectivity index (χ1n) is 9.85. The molecule has 1 aromatic rings. The van der Waals surface area contributed by atoms with E-state index in [0.717, 1.165) is 56.7 Å². The zero-order chi connectivity index (χ0) is 17.7. The highest BCUT2D eigenvalue weighted by Gasteiger charge is 2.57. The first-order chi connectivity index (χ1) is 12.1. The second-order valence-electron chi connectivity index (χ2n) is 7.75. The fourth-order valence-electron chi connectivity index (χ4n) is 3.98. The van der Waals surface area contributed by atoms with E-state index in [4.69, 9.17) is 4.74 Å². The molecule has 1 saturated heterocycles. The molecule has 1 heterocycles. The number of carbonyl (C=O) groups is 1. The molecule has 0 radical (unpaired) electrons. The summed E-state index contributed by atoms with van der Waals surface area (Å²) in [6.45, 7) is 7.69. The minimum Gasteiger partial charge on any atom is -0.493 e. The van der Waals surface area contributed by atoms with Gasteiger partial charge in [-0.15, -0.1) is 12.4 Å². The van der Waals surface area contributed by atoms with E-state index in [1.165, 1.54) is 18.4 Å². The van der Waals surface area contributed by atoms with Crippen molar-refractivity contribution in [2.24, 2.45) is 11.3 Å². The molecule has 1 amide bonds. The Morgan fingerprint density at radius 1 is 1.31 bits per heavy atom. The maximum Gasteiger partial charge on any atom is 0.223 e. The molecule has 1 spiro atoms. The monoisotopic (exact) mass is 380 g/mol. The summed E-state index contributed by atoms with van der Waals surface area (Å²) in [4.78, 5) is 12.6. The van der Waals surface area contributed by atoms with E-state index < -0.39 is 0 Å². The van der Waals surface area contributed by atoms with E-state index in [2.05, 4.69) is 42.7 Å². The van der Waals surface area contributed by atoms with Crippen LogP contribution < -0.4 is 15.4 Å². The molecule has 1 atom stereocenters. The van der Waals surface area contributed by atoms with Crippen LogP contribution in [0.3, 0.4) is 0 Å². The van der Waals surface area contributed by atoms with Crippen LogP contribution in [0.2, 0.25) is 0 Å². The molecule has 1 aliphatic heterocycles. The van der Waals surface area contributed by atoms with E-state index in [9.17, 15) is 4.79 Å². The van der Waals surface area contributed by atoms with Crippen molar-refractivity contribution >= 4 is 18.3 Å². The summed E-state index contributed by atoms with van der Waals surface area (Å²) in [6.07, 6.45) is 6.81. The molecule has 1 saturated carbocycles. The lowest BCUT2D eigenvalue weighted by Crippen LogP contribution is -2.33. The van der Waals surface area contributed by atoms with Gasteiger partial charge >= 0.3 is 0 Å². The molecule has 4 nitrogen and oxygen atoms in total. The molecule has 0 aromatic heterocycles. The van der Waals surface area contributed by atoms with Crippen LogP contribution >= 0.6 is 12.4 Å². The van der Waals surface area contributed by atoms with Crippen LogP contribution in [0.15, 0.2) is 18.2 Å². The lowest BCUT2D eigenvalue weighted by atomic mass is 9.92. The molecular weight excluding hydrogens is 348 g/mol. The molecule has 26 heavy (non-hydrogen) atoms. The van der Waals surface area contributed by atoms with Crippen LogP contribution in [0.5, 0.6) is 5.75 Å². The number of carbonyl (C=O) groups excluding carboxylic acids is 1. The maximum atomic E-state index is 12.6. The summed E-state index contributed by atoms with van der Waals surface area (Å²) in [6, 6.07) is 6.25. The van der Waals surface area contributed by atoms with Crippen LogP contribution in [0.4, 0.5) is 0 Å². The molecular formula is C21H33ClN2O2. The van der Waals surface area contributed by atoms with E-state index in [1.807, 2.05) is 0 Å². The Bertz CT molecular complexity index is 600. The first kappa shape index (κ1) is 21.0. The molecule has 3 rings (SSSR count). The normalized spacial score (nSPS) is 20.3. The number of amides is 1. The Balaban J connectivity index is 0.00000243. The van der Waals surface area contributed by atoms with Crippen molar-refractivity contribution in [2.75, 3.05) is 19.7 Å². The fraction of sp³-hybridized carbons (Fsp3) is 0.667. The predicted octanol–water partition coefficient (Wildman–Crippen LogP) is 3.99. The highest BCUT2D eigenvalue weighted by molar-refractivity contribution is 5.85. The van der Waals surface area contributed by atoms with Gasteiger partial charge in [0.25, 0.3) is 0 Å². The van der Waals surface area contributed by atoms with Gasteiger partial charge in [0.1, 0.15) is 5.75 Å². The number of unbranched alkanes of at least 4 members (excludes halogenated alkanes) is 2. The van der Waals surface area contributed by atoms with Gasteiger partial charge in [0.05, 0.1) is 6.61 Å². The van der Waals surface area contributed by atoms with E-state index >= 15 is 0 Å². The first-order valence-corrected chi connectivity index (χ1v) is 9.85. The summed E-state index contributed by atoms with van der Waals surface area (Å²) in [5, 5.41) is 6.55. The summed E-state index contributed by atoms with van der Waals surface area (Å²) in [5.74, 6) is 1.36. The Morgan fingerprint density at radius 3 is 2.81 bits per heavy atom. The van der Waals surface area contributed by atoms with Gasteiger partial charge in [-0.1, -0.05) is 31.9 Å². The van der Waals surface area contributed by atoms with Gasteiger partial charge in [0, 0.05) is 18.0 Å². The van der Waals surface area contributed by atoms with Gasteiger partial charge in [-0.2, -0.15) is 0 Å². The Morgan fingerprint density at radius 2 is 2.08 bits per heavy atom. The zero-order valence-electron chi connectivity index (χ0n) is 16.1. The van der Waals surface area contributed by atoms with Gasteiger partial charge in [-0.25, -0.2) is 0 Å². The lowest BCUT2D eigenvalue weighted by molar-refractivity contribution is -0.123. The number of ether oxygens (including phenoxy) is 1. The number of hydrogen-bond donors (Lipinski definition) is 2. The minimum absolute atomic E-state index is 0. The van der Waals surface area contributed by atoms with Crippen LogP contribution in [-0.4, -0.2) is 25.6 Å². The molecule has 0 bridgehead atoms. The average molecular weight is 381 g/mol. The van der Waals surface area contributed by atoms with E-state index in [0.29, 0.717) is 12.0 Å².